The smallest absolute Gasteiger partial charge is 0.221 e. The van der Waals surface area contributed by atoms with Crippen LogP contribution in [0, 0.1) is 0 Å². The van der Waals surface area contributed by atoms with E-state index in [0.29, 0.717) is 22.3 Å². The second-order valence-electron chi connectivity index (χ2n) is 5.79. The molecule has 5 heteroatoms. The molecule has 0 saturated carbocycles. The van der Waals surface area contributed by atoms with Crippen LogP contribution in [0.3, 0.4) is 0 Å². The van der Waals surface area contributed by atoms with Crippen molar-refractivity contribution in [1.82, 2.24) is 9.78 Å². The molecule has 4 nitrogen and oxygen atoms in total. The number of rotatable bonds is 4. The summed E-state index contributed by atoms with van der Waals surface area (Å²) < 4.78 is 7.33. The van der Waals surface area contributed by atoms with E-state index in [4.69, 9.17) is 16.0 Å². The Labute approximate surface area is 139 Å². The molecule has 23 heavy (non-hydrogen) atoms. The zero-order chi connectivity index (χ0) is 16.6. The molecule has 0 unspecified atom stereocenters. The molecule has 0 aliphatic rings. The summed E-state index contributed by atoms with van der Waals surface area (Å²) in [4.78, 5) is 12.3. The van der Waals surface area contributed by atoms with Crippen molar-refractivity contribution in [2.75, 3.05) is 0 Å². The Balaban J connectivity index is 1.88. The second kappa shape index (κ2) is 6.05. The van der Waals surface area contributed by atoms with E-state index in [1.54, 1.807) is 35.0 Å². The predicted molar refractivity (Wildman–Crippen MR) is 91.9 cm³/mol. The lowest BCUT2D eigenvalue weighted by Gasteiger charge is -2.00. The van der Waals surface area contributed by atoms with Crippen molar-refractivity contribution >= 4 is 34.4 Å². The molecule has 2 heterocycles. The second-order valence-corrected chi connectivity index (χ2v) is 6.22. The van der Waals surface area contributed by atoms with Gasteiger partial charge in [0, 0.05) is 29.2 Å². The number of fused-ring (bicyclic) bond motifs is 1. The van der Waals surface area contributed by atoms with Gasteiger partial charge < -0.3 is 4.42 Å². The molecule has 0 amide bonds. The van der Waals surface area contributed by atoms with Crippen molar-refractivity contribution in [2.24, 2.45) is 7.05 Å². The molecule has 1 aromatic carbocycles. The van der Waals surface area contributed by atoms with E-state index in [0.717, 1.165) is 16.6 Å². The first-order valence-electron chi connectivity index (χ1n) is 7.39. The van der Waals surface area contributed by atoms with Crippen molar-refractivity contribution in [3.05, 3.63) is 58.6 Å². The molecule has 3 rings (SSSR count). The quantitative estimate of drug-likeness (QED) is 0.508. The molecular formula is C18H17ClN2O2. The minimum atomic E-state index is -0.184. The van der Waals surface area contributed by atoms with Gasteiger partial charge in [-0.3, -0.25) is 9.48 Å². The van der Waals surface area contributed by atoms with E-state index in [-0.39, 0.29) is 5.78 Å². The maximum atomic E-state index is 12.3. The molecule has 0 N–H and O–H groups in total. The number of hydrogen-bond acceptors (Lipinski definition) is 3. The van der Waals surface area contributed by atoms with Gasteiger partial charge in [-0.25, -0.2) is 0 Å². The van der Waals surface area contributed by atoms with E-state index < -0.39 is 0 Å². The standard InChI is InChI=1S/C18H17ClN2O2/c1-11(2)18-12(10-21(3)20-18)4-6-15(22)17-9-13-8-14(19)5-7-16(13)23-17/h4-11H,1-3H3/b6-4+. The molecule has 3 aromatic rings. The zero-order valence-electron chi connectivity index (χ0n) is 13.2. The fraction of sp³-hybridized carbons (Fsp3) is 0.222. The molecule has 0 bridgehead atoms. The average molecular weight is 329 g/mol. The number of aryl methyl sites for hydroxylation is 1. The summed E-state index contributed by atoms with van der Waals surface area (Å²) in [5.74, 6) is 0.406. The molecule has 0 aliphatic heterocycles. The Hall–Kier alpha value is -2.33. The number of allylic oxidation sites excluding steroid dienone is 1. The van der Waals surface area contributed by atoms with Crippen molar-refractivity contribution in [1.29, 1.82) is 0 Å². The van der Waals surface area contributed by atoms with Crippen molar-refractivity contribution in [2.45, 2.75) is 19.8 Å². The predicted octanol–water partition coefficient (Wildman–Crippen LogP) is 4.84. The van der Waals surface area contributed by atoms with E-state index in [1.165, 1.54) is 6.08 Å². The largest absolute Gasteiger partial charge is 0.453 e. The van der Waals surface area contributed by atoms with Crippen LogP contribution in [0.25, 0.3) is 17.0 Å². The third-order valence-electron chi connectivity index (χ3n) is 3.57. The molecule has 0 atom stereocenters. The molecule has 0 spiro atoms. The fourth-order valence-electron chi connectivity index (χ4n) is 2.48. The van der Waals surface area contributed by atoms with Gasteiger partial charge in [-0.15, -0.1) is 0 Å². The van der Waals surface area contributed by atoms with Crippen LogP contribution in [0.5, 0.6) is 0 Å². The summed E-state index contributed by atoms with van der Waals surface area (Å²) in [5, 5.41) is 5.85. The molecule has 0 fully saturated rings. The summed E-state index contributed by atoms with van der Waals surface area (Å²) in [7, 11) is 1.87. The lowest BCUT2D eigenvalue weighted by Crippen LogP contribution is -1.94. The summed E-state index contributed by atoms with van der Waals surface area (Å²) in [6.45, 7) is 4.15. The van der Waals surface area contributed by atoms with Gasteiger partial charge in [0.15, 0.2) is 5.76 Å². The maximum absolute atomic E-state index is 12.3. The van der Waals surface area contributed by atoms with Crippen LogP contribution in [0.2, 0.25) is 5.02 Å². The number of ketones is 1. The average Bonchev–Trinajstić information content (AvgIpc) is 3.07. The SMILES string of the molecule is CC(C)c1nn(C)cc1/C=C/C(=O)c1cc2cc(Cl)ccc2o1. The Kier molecular flexibility index (Phi) is 4.09. The fourth-order valence-corrected chi connectivity index (χ4v) is 2.66. The van der Waals surface area contributed by atoms with E-state index in [2.05, 4.69) is 18.9 Å². The number of carbonyl (C=O) groups is 1. The number of nitrogens with zero attached hydrogens (tertiary/aromatic N) is 2. The highest BCUT2D eigenvalue weighted by Gasteiger charge is 2.12. The van der Waals surface area contributed by atoms with Gasteiger partial charge >= 0.3 is 0 Å². The summed E-state index contributed by atoms with van der Waals surface area (Å²) in [6.07, 6.45) is 5.20. The topological polar surface area (TPSA) is 48.0 Å². The summed E-state index contributed by atoms with van der Waals surface area (Å²) in [6, 6.07) is 6.98. The van der Waals surface area contributed by atoms with Gasteiger partial charge in [-0.2, -0.15) is 5.10 Å². The number of halogens is 1. The van der Waals surface area contributed by atoms with Gasteiger partial charge in [0.1, 0.15) is 5.58 Å². The molecule has 0 saturated heterocycles. The number of benzene rings is 1. The maximum Gasteiger partial charge on any atom is 0.221 e. The molecule has 0 aliphatic carbocycles. The highest BCUT2D eigenvalue weighted by atomic mass is 35.5. The van der Waals surface area contributed by atoms with Crippen LogP contribution in [0.1, 0.15) is 41.6 Å². The summed E-state index contributed by atoms with van der Waals surface area (Å²) in [5.41, 5.74) is 2.55. The normalized spacial score (nSPS) is 11.9. The van der Waals surface area contributed by atoms with Crippen molar-refractivity contribution in [3.63, 3.8) is 0 Å². The lowest BCUT2D eigenvalue weighted by atomic mass is 10.1. The Morgan fingerprint density at radius 3 is 2.87 bits per heavy atom. The van der Waals surface area contributed by atoms with Crippen molar-refractivity contribution < 1.29 is 9.21 Å². The molecule has 0 radical (unpaired) electrons. The third-order valence-corrected chi connectivity index (χ3v) is 3.80. The Bertz CT molecular complexity index is 903. The van der Waals surface area contributed by atoms with Crippen LogP contribution >= 0.6 is 11.6 Å². The number of carbonyl (C=O) groups excluding carboxylic acids is 1. The number of hydrogen-bond donors (Lipinski definition) is 0. The van der Waals surface area contributed by atoms with Gasteiger partial charge in [-0.1, -0.05) is 25.4 Å². The van der Waals surface area contributed by atoms with Crippen LogP contribution in [-0.4, -0.2) is 15.6 Å². The van der Waals surface area contributed by atoms with Crippen LogP contribution < -0.4 is 0 Å². The zero-order valence-corrected chi connectivity index (χ0v) is 14.0. The van der Waals surface area contributed by atoms with E-state index in [9.17, 15) is 4.79 Å². The van der Waals surface area contributed by atoms with Crippen LogP contribution in [-0.2, 0) is 7.05 Å². The number of furan rings is 1. The van der Waals surface area contributed by atoms with Gasteiger partial charge in [0.2, 0.25) is 5.78 Å². The third kappa shape index (κ3) is 3.22. The number of aromatic nitrogens is 2. The van der Waals surface area contributed by atoms with Gasteiger partial charge in [-0.05, 0) is 42.3 Å². The Morgan fingerprint density at radius 2 is 2.13 bits per heavy atom. The molecule has 118 valence electrons. The minimum absolute atomic E-state index is 0.184. The minimum Gasteiger partial charge on any atom is -0.453 e. The van der Waals surface area contributed by atoms with Crippen LogP contribution in [0.15, 0.2) is 41.0 Å². The van der Waals surface area contributed by atoms with Crippen LogP contribution in [0.4, 0.5) is 0 Å². The first-order chi connectivity index (χ1) is 10.9. The highest BCUT2D eigenvalue weighted by Crippen LogP contribution is 2.24. The molecule has 2 aromatic heterocycles. The monoisotopic (exact) mass is 328 g/mol. The first-order valence-corrected chi connectivity index (χ1v) is 7.77. The van der Waals surface area contributed by atoms with E-state index in [1.807, 2.05) is 13.2 Å². The lowest BCUT2D eigenvalue weighted by molar-refractivity contribution is 0.102. The Morgan fingerprint density at radius 1 is 1.35 bits per heavy atom. The van der Waals surface area contributed by atoms with Gasteiger partial charge in [0.25, 0.3) is 0 Å². The highest BCUT2D eigenvalue weighted by molar-refractivity contribution is 6.31. The van der Waals surface area contributed by atoms with Gasteiger partial charge in [0.05, 0.1) is 5.69 Å². The van der Waals surface area contributed by atoms with E-state index >= 15 is 0 Å². The molecular weight excluding hydrogens is 312 g/mol. The summed E-state index contributed by atoms with van der Waals surface area (Å²) >= 11 is 5.95. The first kappa shape index (κ1) is 15.6. The van der Waals surface area contributed by atoms with Crippen molar-refractivity contribution in [3.8, 4) is 0 Å².